The molecule has 0 heterocycles. The third-order valence-electron chi connectivity index (χ3n) is 3.01. The van der Waals surface area contributed by atoms with Crippen molar-refractivity contribution in [1.82, 2.24) is 0 Å². The van der Waals surface area contributed by atoms with Gasteiger partial charge in [-0.25, -0.2) is 0 Å². The maximum atomic E-state index is 11.2. The second kappa shape index (κ2) is 4.75. The molecular formula is C10H19NO3. The van der Waals surface area contributed by atoms with Gasteiger partial charge in [-0.05, 0) is 18.8 Å². The Kier molecular flexibility index (Phi) is 3.89. The summed E-state index contributed by atoms with van der Waals surface area (Å²) in [6.45, 7) is 0.679. The van der Waals surface area contributed by atoms with E-state index in [0.29, 0.717) is 25.4 Å². The maximum absolute atomic E-state index is 11.2. The first-order valence-electron chi connectivity index (χ1n) is 5.07. The van der Waals surface area contributed by atoms with Crippen molar-refractivity contribution in [3.05, 3.63) is 0 Å². The van der Waals surface area contributed by atoms with Gasteiger partial charge in [-0.2, -0.15) is 0 Å². The summed E-state index contributed by atoms with van der Waals surface area (Å²) >= 11 is 0. The lowest BCUT2D eigenvalue weighted by molar-refractivity contribution is -0.150. The molecule has 0 aromatic heterocycles. The quantitative estimate of drug-likeness (QED) is 0.640. The number of rotatable bonds is 7. The molecule has 1 fully saturated rings. The van der Waals surface area contributed by atoms with E-state index >= 15 is 0 Å². The van der Waals surface area contributed by atoms with Gasteiger partial charge in [0, 0.05) is 20.3 Å². The van der Waals surface area contributed by atoms with Crippen LogP contribution in [0, 0.1) is 11.3 Å². The van der Waals surface area contributed by atoms with Crippen LogP contribution in [0.15, 0.2) is 0 Å². The normalized spacial score (nSPS) is 20.4. The Morgan fingerprint density at radius 1 is 1.64 bits per heavy atom. The molecule has 0 spiro atoms. The predicted octanol–water partition coefficient (Wildman–Crippen LogP) is 0.853. The molecule has 0 amide bonds. The number of carboxylic acids is 1. The minimum absolute atomic E-state index is 0.211. The average molecular weight is 201 g/mol. The summed E-state index contributed by atoms with van der Waals surface area (Å²) in [5.74, 6) is -0.199. The Morgan fingerprint density at radius 3 is 2.64 bits per heavy atom. The first kappa shape index (κ1) is 11.5. The standard InChI is InChI=1S/C10H19NO3/c1-14-5-4-10(7-11,9(12)13)6-8-2-3-8/h8H,2-7,11H2,1H3,(H,12,13). The van der Waals surface area contributed by atoms with Crippen LogP contribution >= 0.6 is 0 Å². The molecular weight excluding hydrogens is 182 g/mol. The second-order valence-corrected chi connectivity index (χ2v) is 4.18. The zero-order chi connectivity index (χ0) is 10.6. The largest absolute Gasteiger partial charge is 0.481 e. The molecule has 0 aromatic carbocycles. The van der Waals surface area contributed by atoms with Gasteiger partial charge in [-0.3, -0.25) is 4.79 Å². The minimum Gasteiger partial charge on any atom is -0.481 e. The van der Waals surface area contributed by atoms with Crippen molar-refractivity contribution in [1.29, 1.82) is 0 Å². The molecule has 1 aliphatic rings. The molecule has 1 atom stereocenters. The summed E-state index contributed by atoms with van der Waals surface area (Å²) in [4.78, 5) is 11.2. The van der Waals surface area contributed by atoms with Gasteiger partial charge in [0.15, 0.2) is 0 Å². The molecule has 0 radical (unpaired) electrons. The average Bonchev–Trinajstić information content (AvgIpc) is 2.95. The molecule has 82 valence electrons. The molecule has 4 heteroatoms. The summed E-state index contributed by atoms with van der Waals surface area (Å²) in [6, 6.07) is 0. The lowest BCUT2D eigenvalue weighted by atomic mass is 9.79. The monoisotopic (exact) mass is 201 g/mol. The zero-order valence-electron chi connectivity index (χ0n) is 8.66. The second-order valence-electron chi connectivity index (χ2n) is 4.18. The fraction of sp³-hybridized carbons (Fsp3) is 0.900. The highest BCUT2D eigenvalue weighted by Crippen LogP contribution is 2.41. The van der Waals surface area contributed by atoms with E-state index in [9.17, 15) is 9.90 Å². The van der Waals surface area contributed by atoms with E-state index < -0.39 is 11.4 Å². The van der Waals surface area contributed by atoms with Crippen LogP contribution in [0.5, 0.6) is 0 Å². The smallest absolute Gasteiger partial charge is 0.311 e. The summed E-state index contributed by atoms with van der Waals surface area (Å²) < 4.78 is 4.93. The van der Waals surface area contributed by atoms with Crippen LogP contribution in [0.4, 0.5) is 0 Å². The summed E-state index contributed by atoms with van der Waals surface area (Å²) in [6.07, 6.45) is 3.54. The molecule has 0 bridgehead atoms. The maximum Gasteiger partial charge on any atom is 0.311 e. The number of methoxy groups -OCH3 is 1. The van der Waals surface area contributed by atoms with Gasteiger partial charge < -0.3 is 15.6 Å². The van der Waals surface area contributed by atoms with Crippen molar-refractivity contribution < 1.29 is 14.6 Å². The van der Waals surface area contributed by atoms with Gasteiger partial charge in [0.1, 0.15) is 0 Å². The van der Waals surface area contributed by atoms with Crippen LogP contribution in [-0.2, 0) is 9.53 Å². The zero-order valence-corrected chi connectivity index (χ0v) is 8.66. The van der Waals surface area contributed by atoms with Gasteiger partial charge in [-0.15, -0.1) is 0 Å². The van der Waals surface area contributed by atoms with Gasteiger partial charge in [-0.1, -0.05) is 12.8 Å². The highest BCUT2D eigenvalue weighted by atomic mass is 16.5. The molecule has 3 N–H and O–H groups in total. The SMILES string of the molecule is COCCC(CN)(CC1CC1)C(=O)O. The van der Waals surface area contributed by atoms with Crippen LogP contribution in [0.1, 0.15) is 25.7 Å². The van der Waals surface area contributed by atoms with Crippen LogP contribution in [-0.4, -0.2) is 31.3 Å². The van der Waals surface area contributed by atoms with Crippen LogP contribution in [0.25, 0.3) is 0 Å². The van der Waals surface area contributed by atoms with Crippen molar-refractivity contribution in [2.24, 2.45) is 17.1 Å². The number of carboxylic acid groups (broad SMARTS) is 1. The van der Waals surface area contributed by atoms with Gasteiger partial charge in [0.2, 0.25) is 0 Å². The lowest BCUT2D eigenvalue weighted by Gasteiger charge is -2.27. The molecule has 1 unspecified atom stereocenters. The number of hydrogen-bond donors (Lipinski definition) is 2. The molecule has 1 rings (SSSR count). The lowest BCUT2D eigenvalue weighted by Crippen LogP contribution is -2.40. The van der Waals surface area contributed by atoms with E-state index in [1.807, 2.05) is 0 Å². The van der Waals surface area contributed by atoms with Crippen molar-refractivity contribution in [3.8, 4) is 0 Å². The third kappa shape index (κ3) is 2.69. The Bertz CT molecular complexity index is 204. The van der Waals surface area contributed by atoms with Crippen LogP contribution < -0.4 is 5.73 Å². The summed E-state index contributed by atoms with van der Waals surface area (Å²) in [7, 11) is 1.58. The van der Waals surface area contributed by atoms with Crippen molar-refractivity contribution in [2.45, 2.75) is 25.7 Å². The highest BCUT2D eigenvalue weighted by molar-refractivity contribution is 5.75. The van der Waals surface area contributed by atoms with Crippen molar-refractivity contribution >= 4 is 5.97 Å². The minimum atomic E-state index is -0.774. The summed E-state index contributed by atoms with van der Waals surface area (Å²) in [5.41, 5.74) is 4.84. The fourth-order valence-electron chi connectivity index (χ4n) is 1.74. The number of hydrogen-bond acceptors (Lipinski definition) is 3. The van der Waals surface area contributed by atoms with E-state index in [1.54, 1.807) is 7.11 Å². The Morgan fingerprint density at radius 2 is 2.29 bits per heavy atom. The Labute approximate surface area is 84.4 Å². The van der Waals surface area contributed by atoms with Gasteiger partial charge in [0.25, 0.3) is 0 Å². The molecule has 14 heavy (non-hydrogen) atoms. The van der Waals surface area contributed by atoms with E-state index in [-0.39, 0.29) is 6.54 Å². The number of carbonyl (C=O) groups is 1. The fourth-order valence-corrected chi connectivity index (χ4v) is 1.74. The number of aliphatic carboxylic acids is 1. The topological polar surface area (TPSA) is 72.5 Å². The van der Waals surface area contributed by atoms with E-state index in [0.717, 1.165) is 12.8 Å². The molecule has 1 aliphatic carbocycles. The molecule has 1 saturated carbocycles. The van der Waals surface area contributed by atoms with Gasteiger partial charge >= 0.3 is 5.97 Å². The molecule has 0 saturated heterocycles. The van der Waals surface area contributed by atoms with Crippen molar-refractivity contribution in [3.63, 3.8) is 0 Å². The van der Waals surface area contributed by atoms with Crippen LogP contribution in [0.2, 0.25) is 0 Å². The van der Waals surface area contributed by atoms with E-state index in [2.05, 4.69) is 0 Å². The highest BCUT2D eigenvalue weighted by Gasteiger charge is 2.41. The van der Waals surface area contributed by atoms with E-state index in [1.165, 1.54) is 0 Å². The third-order valence-corrected chi connectivity index (χ3v) is 3.01. The predicted molar refractivity (Wildman–Crippen MR) is 53.0 cm³/mol. The van der Waals surface area contributed by atoms with Crippen LogP contribution in [0.3, 0.4) is 0 Å². The summed E-state index contributed by atoms with van der Waals surface area (Å²) in [5, 5.41) is 9.19. The van der Waals surface area contributed by atoms with Crippen molar-refractivity contribution in [2.75, 3.05) is 20.3 Å². The first-order chi connectivity index (χ1) is 6.64. The molecule has 4 nitrogen and oxygen atoms in total. The van der Waals surface area contributed by atoms with Gasteiger partial charge in [0.05, 0.1) is 5.41 Å². The Hall–Kier alpha value is -0.610. The number of nitrogens with two attached hydrogens (primary N) is 1. The first-order valence-corrected chi connectivity index (χ1v) is 5.07. The molecule has 0 aliphatic heterocycles. The number of ether oxygens (including phenoxy) is 1. The Balaban J connectivity index is 2.57. The van der Waals surface area contributed by atoms with E-state index in [4.69, 9.17) is 10.5 Å². The molecule has 0 aromatic rings.